The molecule has 0 unspecified atom stereocenters. The van der Waals surface area contributed by atoms with Crippen LogP contribution in [0.1, 0.15) is 44.6 Å². The second-order valence-electron chi connectivity index (χ2n) is 5.22. The van der Waals surface area contributed by atoms with Gasteiger partial charge in [0.25, 0.3) is 0 Å². The first-order valence-electron chi connectivity index (χ1n) is 6.28. The highest BCUT2D eigenvalue weighted by atomic mass is 79.9. The predicted molar refractivity (Wildman–Crippen MR) is 80.2 cm³/mol. The van der Waals surface area contributed by atoms with Gasteiger partial charge in [0, 0.05) is 21.0 Å². The van der Waals surface area contributed by atoms with E-state index < -0.39 is 0 Å². The van der Waals surface area contributed by atoms with Crippen LogP contribution >= 0.6 is 31.9 Å². The number of nitrogens with one attached hydrogen (secondary N) is 1. The smallest absolute Gasteiger partial charge is 0.0320 e. The fourth-order valence-corrected chi connectivity index (χ4v) is 3.15. The lowest BCUT2D eigenvalue weighted by atomic mass is 9.83. The van der Waals surface area contributed by atoms with E-state index in [1.54, 1.807) is 0 Å². The predicted octanol–water partition coefficient (Wildman–Crippen LogP) is 5.02. The average molecular weight is 361 g/mol. The zero-order chi connectivity index (χ0) is 12.3. The first kappa shape index (κ1) is 13.6. The molecule has 1 saturated carbocycles. The molecule has 1 aliphatic rings. The molecule has 0 saturated heterocycles. The molecule has 0 aliphatic heterocycles. The average Bonchev–Trinajstić information content (AvgIpc) is 2.32. The number of hydrogen-bond donors (Lipinski definition) is 1. The molecule has 0 bridgehead atoms. The molecule has 1 N–H and O–H groups in total. The van der Waals surface area contributed by atoms with Gasteiger partial charge in [0.05, 0.1) is 0 Å². The van der Waals surface area contributed by atoms with Crippen molar-refractivity contribution in [3.05, 3.63) is 32.7 Å². The highest BCUT2D eigenvalue weighted by Gasteiger charge is 2.25. The fraction of sp³-hybridized carbons (Fsp3) is 0.571. The standard InChI is InChI=1S/C14H19Br2N/c1-14(7-3-2-4-8-14)17-10-11-5-6-12(15)13(16)9-11/h5-6,9,17H,2-4,7-8,10H2,1H3. The summed E-state index contributed by atoms with van der Waals surface area (Å²) in [6.45, 7) is 3.32. The van der Waals surface area contributed by atoms with Crippen molar-refractivity contribution in [2.24, 2.45) is 0 Å². The molecule has 17 heavy (non-hydrogen) atoms. The van der Waals surface area contributed by atoms with Gasteiger partial charge in [0.1, 0.15) is 0 Å². The van der Waals surface area contributed by atoms with Gasteiger partial charge in [0.2, 0.25) is 0 Å². The molecule has 0 spiro atoms. The van der Waals surface area contributed by atoms with Crippen molar-refractivity contribution < 1.29 is 0 Å². The lowest BCUT2D eigenvalue weighted by molar-refractivity contribution is 0.252. The van der Waals surface area contributed by atoms with Crippen LogP contribution in [0.3, 0.4) is 0 Å². The molecule has 1 fully saturated rings. The molecule has 0 atom stereocenters. The summed E-state index contributed by atoms with van der Waals surface area (Å²) in [5.74, 6) is 0. The lowest BCUT2D eigenvalue weighted by Crippen LogP contribution is -2.43. The summed E-state index contributed by atoms with van der Waals surface area (Å²) >= 11 is 7.05. The van der Waals surface area contributed by atoms with E-state index in [9.17, 15) is 0 Å². The van der Waals surface area contributed by atoms with Crippen LogP contribution in [-0.2, 0) is 6.54 Å². The molecule has 3 heteroatoms. The highest BCUT2D eigenvalue weighted by molar-refractivity contribution is 9.13. The third kappa shape index (κ3) is 3.80. The molecule has 0 radical (unpaired) electrons. The Morgan fingerprint density at radius 3 is 2.47 bits per heavy atom. The summed E-state index contributed by atoms with van der Waals surface area (Å²) in [6, 6.07) is 6.46. The third-order valence-electron chi connectivity index (χ3n) is 3.66. The molecule has 0 amide bonds. The first-order chi connectivity index (χ1) is 8.09. The Kier molecular flexibility index (Phi) is 4.67. The summed E-state index contributed by atoms with van der Waals surface area (Å²) in [4.78, 5) is 0. The van der Waals surface area contributed by atoms with Crippen molar-refractivity contribution >= 4 is 31.9 Å². The van der Waals surface area contributed by atoms with Crippen LogP contribution in [0.2, 0.25) is 0 Å². The Balaban J connectivity index is 1.94. The van der Waals surface area contributed by atoms with Gasteiger partial charge < -0.3 is 5.32 Å². The minimum absolute atomic E-state index is 0.345. The summed E-state index contributed by atoms with van der Waals surface area (Å²) in [6.07, 6.45) is 6.76. The Morgan fingerprint density at radius 1 is 1.12 bits per heavy atom. The van der Waals surface area contributed by atoms with E-state index in [0.717, 1.165) is 15.5 Å². The molecule has 1 aromatic carbocycles. The second-order valence-corrected chi connectivity index (χ2v) is 6.93. The van der Waals surface area contributed by atoms with E-state index in [-0.39, 0.29) is 0 Å². The zero-order valence-corrected chi connectivity index (χ0v) is 13.4. The number of hydrogen-bond acceptors (Lipinski definition) is 1. The summed E-state index contributed by atoms with van der Waals surface area (Å²) in [5.41, 5.74) is 1.68. The van der Waals surface area contributed by atoms with E-state index in [2.05, 4.69) is 62.3 Å². The van der Waals surface area contributed by atoms with Gasteiger partial charge in [0.15, 0.2) is 0 Å². The Bertz CT molecular complexity index is 384. The van der Waals surface area contributed by atoms with Gasteiger partial charge in [-0.25, -0.2) is 0 Å². The van der Waals surface area contributed by atoms with E-state index in [1.165, 1.54) is 37.7 Å². The number of benzene rings is 1. The van der Waals surface area contributed by atoms with Crippen LogP contribution in [0.4, 0.5) is 0 Å². The van der Waals surface area contributed by atoms with Gasteiger partial charge in [-0.15, -0.1) is 0 Å². The first-order valence-corrected chi connectivity index (χ1v) is 7.87. The summed E-state index contributed by atoms with van der Waals surface area (Å²) < 4.78 is 2.25. The van der Waals surface area contributed by atoms with Crippen LogP contribution < -0.4 is 5.32 Å². The molecule has 2 rings (SSSR count). The molecule has 0 aromatic heterocycles. The Hall–Kier alpha value is 0.140. The van der Waals surface area contributed by atoms with Crippen LogP contribution in [-0.4, -0.2) is 5.54 Å². The van der Waals surface area contributed by atoms with Gasteiger partial charge in [-0.2, -0.15) is 0 Å². The second kappa shape index (κ2) is 5.85. The van der Waals surface area contributed by atoms with Gasteiger partial charge in [-0.3, -0.25) is 0 Å². The topological polar surface area (TPSA) is 12.0 Å². The molecular formula is C14H19Br2N. The quantitative estimate of drug-likeness (QED) is 0.797. The van der Waals surface area contributed by atoms with Crippen molar-refractivity contribution in [3.63, 3.8) is 0 Å². The van der Waals surface area contributed by atoms with Gasteiger partial charge >= 0.3 is 0 Å². The van der Waals surface area contributed by atoms with Crippen molar-refractivity contribution in [1.82, 2.24) is 5.32 Å². The van der Waals surface area contributed by atoms with E-state index in [1.807, 2.05) is 0 Å². The van der Waals surface area contributed by atoms with Crippen molar-refractivity contribution in [3.8, 4) is 0 Å². The molecule has 1 aliphatic carbocycles. The molecule has 1 aromatic rings. The summed E-state index contributed by atoms with van der Waals surface area (Å²) in [7, 11) is 0. The summed E-state index contributed by atoms with van der Waals surface area (Å²) in [5, 5.41) is 3.72. The third-order valence-corrected chi connectivity index (χ3v) is 5.54. The van der Waals surface area contributed by atoms with Gasteiger partial charge in [-0.05, 0) is 69.3 Å². The van der Waals surface area contributed by atoms with Crippen LogP contribution in [0, 0.1) is 0 Å². The maximum Gasteiger partial charge on any atom is 0.0320 e. The number of rotatable bonds is 3. The largest absolute Gasteiger partial charge is 0.307 e. The Labute approximate surface area is 121 Å². The molecule has 94 valence electrons. The van der Waals surface area contributed by atoms with Crippen molar-refractivity contribution in [2.45, 2.75) is 51.1 Å². The number of halogens is 2. The fourth-order valence-electron chi connectivity index (χ4n) is 2.47. The lowest BCUT2D eigenvalue weighted by Gasteiger charge is -2.34. The van der Waals surface area contributed by atoms with Crippen LogP contribution in [0.15, 0.2) is 27.1 Å². The maximum atomic E-state index is 3.72. The highest BCUT2D eigenvalue weighted by Crippen LogP contribution is 2.28. The molecular weight excluding hydrogens is 342 g/mol. The van der Waals surface area contributed by atoms with Crippen LogP contribution in [0.25, 0.3) is 0 Å². The Morgan fingerprint density at radius 2 is 1.82 bits per heavy atom. The minimum Gasteiger partial charge on any atom is -0.307 e. The normalized spacial score (nSPS) is 19.2. The van der Waals surface area contributed by atoms with E-state index >= 15 is 0 Å². The molecule has 1 nitrogen and oxygen atoms in total. The van der Waals surface area contributed by atoms with Crippen molar-refractivity contribution in [2.75, 3.05) is 0 Å². The zero-order valence-electron chi connectivity index (χ0n) is 10.2. The molecule has 0 heterocycles. The van der Waals surface area contributed by atoms with Gasteiger partial charge in [-0.1, -0.05) is 25.3 Å². The SMILES string of the molecule is CC1(NCc2ccc(Br)c(Br)c2)CCCCC1. The van der Waals surface area contributed by atoms with E-state index in [4.69, 9.17) is 0 Å². The maximum absolute atomic E-state index is 3.72. The van der Waals surface area contributed by atoms with Crippen LogP contribution in [0.5, 0.6) is 0 Å². The minimum atomic E-state index is 0.345. The monoisotopic (exact) mass is 359 g/mol. The van der Waals surface area contributed by atoms with E-state index in [0.29, 0.717) is 5.54 Å². The van der Waals surface area contributed by atoms with Crippen molar-refractivity contribution in [1.29, 1.82) is 0 Å².